The van der Waals surface area contributed by atoms with Crippen LogP contribution in [0.1, 0.15) is 25.0 Å². The maximum atomic E-state index is 9.52. The van der Waals surface area contributed by atoms with E-state index in [0.29, 0.717) is 17.1 Å². The van der Waals surface area contributed by atoms with Crippen molar-refractivity contribution in [1.82, 2.24) is 0 Å². The van der Waals surface area contributed by atoms with Crippen LogP contribution < -0.4 is 14.2 Å². The molecule has 0 N–H and O–H groups in total. The summed E-state index contributed by atoms with van der Waals surface area (Å²) < 4.78 is 17.2. The number of halogens is 1. The Morgan fingerprint density at radius 1 is 1.12 bits per heavy atom. The molecular formula is C20H20BrNO3. The predicted octanol–water partition coefficient (Wildman–Crippen LogP) is 5.32. The molecule has 2 aromatic carbocycles. The average molecular weight is 402 g/mol. The van der Waals surface area contributed by atoms with Gasteiger partial charge in [0, 0.05) is 0 Å². The number of nitrogens with zero attached hydrogens (tertiary/aromatic N) is 1. The van der Waals surface area contributed by atoms with Crippen LogP contribution in [0.2, 0.25) is 0 Å². The van der Waals surface area contributed by atoms with Gasteiger partial charge in [0.05, 0.1) is 36.4 Å². The number of methoxy groups -OCH3 is 2. The van der Waals surface area contributed by atoms with Crippen LogP contribution >= 0.6 is 15.9 Å². The van der Waals surface area contributed by atoms with Crippen molar-refractivity contribution in [2.24, 2.45) is 0 Å². The molecule has 0 amide bonds. The van der Waals surface area contributed by atoms with Gasteiger partial charge in [-0.1, -0.05) is 0 Å². The van der Waals surface area contributed by atoms with Crippen molar-refractivity contribution in [3.63, 3.8) is 0 Å². The van der Waals surface area contributed by atoms with Gasteiger partial charge in [0.1, 0.15) is 5.75 Å². The first-order chi connectivity index (χ1) is 12.0. The molecule has 0 unspecified atom stereocenters. The molecule has 0 aliphatic rings. The summed E-state index contributed by atoms with van der Waals surface area (Å²) >= 11 is 3.52. The molecule has 0 aromatic heterocycles. The van der Waals surface area contributed by atoms with Gasteiger partial charge in [0.25, 0.3) is 0 Å². The summed E-state index contributed by atoms with van der Waals surface area (Å²) in [4.78, 5) is 0. The minimum atomic E-state index is 0.0283. The Kier molecular flexibility index (Phi) is 6.49. The Bertz CT molecular complexity index is 805. The minimum Gasteiger partial charge on any atom is -0.497 e. The number of rotatable bonds is 6. The molecule has 0 spiro atoms. The van der Waals surface area contributed by atoms with E-state index in [4.69, 9.17) is 14.2 Å². The van der Waals surface area contributed by atoms with Crippen LogP contribution in [0, 0.1) is 11.3 Å². The third kappa shape index (κ3) is 4.77. The molecule has 0 saturated carbocycles. The molecule has 0 radical (unpaired) electrons. The lowest BCUT2D eigenvalue weighted by atomic mass is 10.0. The van der Waals surface area contributed by atoms with E-state index >= 15 is 0 Å². The quantitative estimate of drug-likeness (QED) is 0.485. The second-order valence-electron chi connectivity index (χ2n) is 5.60. The first kappa shape index (κ1) is 18.9. The fourth-order valence-corrected chi connectivity index (χ4v) is 2.84. The van der Waals surface area contributed by atoms with Crippen molar-refractivity contribution in [3.05, 3.63) is 52.0 Å². The predicted molar refractivity (Wildman–Crippen MR) is 103 cm³/mol. The number of hydrogen-bond donors (Lipinski definition) is 0. The Morgan fingerprint density at radius 2 is 1.80 bits per heavy atom. The molecule has 5 heteroatoms. The van der Waals surface area contributed by atoms with Crippen molar-refractivity contribution in [3.8, 4) is 23.3 Å². The smallest absolute Gasteiger partial charge is 0.175 e. The van der Waals surface area contributed by atoms with Crippen LogP contribution in [0.3, 0.4) is 0 Å². The summed E-state index contributed by atoms with van der Waals surface area (Å²) in [6.07, 6.45) is 1.84. The average Bonchev–Trinajstić information content (AvgIpc) is 2.61. The van der Waals surface area contributed by atoms with E-state index in [9.17, 15) is 5.26 Å². The number of hydrogen-bond acceptors (Lipinski definition) is 4. The third-order valence-corrected chi connectivity index (χ3v) is 4.03. The van der Waals surface area contributed by atoms with Crippen LogP contribution in [0.5, 0.6) is 17.2 Å². The van der Waals surface area contributed by atoms with Crippen molar-refractivity contribution < 1.29 is 14.2 Å². The first-order valence-corrected chi connectivity index (χ1v) is 8.58. The SMILES string of the molecule is COc1ccc(/C(C#N)=C/c2cc(Br)c(OC(C)C)c(OC)c2)cc1. The van der Waals surface area contributed by atoms with Gasteiger partial charge >= 0.3 is 0 Å². The second-order valence-corrected chi connectivity index (χ2v) is 6.45. The van der Waals surface area contributed by atoms with E-state index in [2.05, 4.69) is 22.0 Å². The molecule has 0 bridgehead atoms. The van der Waals surface area contributed by atoms with Gasteiger partial charge in [0.2, 0.25) is 0 Å². The molecule has 0 saturated heterocycles. The molecule has 2 aromatic rings. The van der Waals surface area contributed by atoms with Gasteiger partial charge < -0.3 is 14.2 Å². The highest BCUT2D eigenvalue weighted by atomic mass is 79.9. The number of nitriles is 1. The molecule has 4 nitrogen and oxygen atoms in total. The molecule has 2 rings (SSSR count). The highest BCUT2D eigenvalue weighted by Gasteiger charge is 2.13. The molecule has 130 valence electrons. The van der Waals surface area contributed by atoms with Crippen LogP contribution in [0.25, 0.3) is 11.6 Å². The summed E-state index contributed by atoms with van der Waals surface area (Å²) in [6, 6.07) is 13.4. The van der Waals surface area contributed by atoms with E-state index < -0.39 is 0 Å². The lowest BCUT2D eigenvalue weighted by Gasteiger charge is -2.16. The fourth-order valence-electron chi connectivity index (χ4n) is 2.29. The number of allylic oxidation sites excluding steroid dienone is 1. The van der Waals surface area contributed by atoms with Gasteiger partial charge in [-0.05, 0) is 83.4 Å². The van der Waals surface area contributed by atoms with Crippen LogP contribution in [0.4, 0.5) is 0 Å². The highest BCUT2D eigenvalue weighted by molar-refractivity contribution is 9.10. The maximum absolute atomic E-state index is 9.52. The Hall–Kier alpha value is -2.45. The largest absolute Gasteiger partial charge is 0.497 e. The molecule has 0 aliphatic carbocycles. The molecule has 0 atom stereocenters. The Morgan fingerprint density at radius 3 is 2.32 bits per heavy atom. The Balaban J connectivity index is 2.43. The van der Waals surface area contributed by atoms with Crippen molar-refractivity contribution >= 4 is 27.6 Å². The van der Waals surface area contributed by atoms with Gasteiger partial charge in [-0.3, -0.25) is 0 Å². The zero-order valence-corrected chi connectivity index (χ0v) is 16.3. The highest BCUT2D eigenvalue weighted by Crippen LogP contribution is 2.38. The molecular weight excluding hydrogens is 382 g/mol. The van der Waals surface area contributed by atoms with Crippen LogP contribution in [-0.4, -0.2) is 20.3 Å². The van der Waals surface area contributed by atoms with Crippen LogP contribution in [-0.2, 0) is 0 Å². The van der Waals surface area contributed by atoms with E-state index in [1.807, 2.05) is 56.3 Å². The lowest BCUT2D eigenvalue weighted by molar-refractivity contribution is 0.228. The fraction of sp³-hybridized carbons (Fsp3) is 0.250. The maximum Gasteiger partial charge on any atom is 0.175 e. The zero-order valence-electron chi connectivity index (χ0n) is 14.7. The van der Waals surface area contributed by atoms with Crippen LogP contribution in [0.15, 0.2) is 40.9 Å². The summed E-state index contributed by atoms with van der Waals surface area (Å²) in [5.74, 6) is 2.01. The van der Waals surface area contributed by atoms with E-state index in [-0.39, 0.29) is 6.10 Å². The lowest BCUT2D eigenvalue weighted by Crippen LogP contribution is -2.07. The standard InChI is InChI=1S/C20H20BrNO3/c1-13(2)25-20-18(21)10-14(11-19(20)24-4)9-16(12-22)15-5-7-17(23-3)8-6-15/h5-11,13H,1-4H3/b16-9+. The first-order valence-electron chi connectivity index (χ1n) is 7.79. The van der Waals surface area contributed by atoms with E-state index in [1.54, 1.807) is 14.2 Å². The third-order valence-electron chi connectivity index (χ3n) is 3.44. The molecule has 0 heterocycles. The van der Waals surface area contributed by atoms with Crippen molar-refractivity contribution in [1.29, 1.82) is 5.26 Å². The summed E-state index contributed by atoms with van der Waals surface area (Å²) in [5.41, 5.74) is 2.21. The Labute approximate surface area is 156 Å². The summed E-state index contributed by atoms with van der Waals surface area (Å²) in [7, 11) is 3.21. The van der Waals surface area contributed by atoms with Gasteiger partial charge in [0.15, 0.2) is 11.5 Å². The molecule has 0 aliphatic heterocycles. The number of ether oxygens (including phenoxy) is 3. The van der Waals surface area contributed by atoms with Gasteiger partial charge in [-0.15, -0.1) is 0 Å². The second kappa shape index (κ2) is 8.59. The minimum absolute atomic E-state index is 0.0283. The summed E-state index contributed by atoms with van der Waals surface area (Å²) in [6.45, 7) is 3.91. The topological polar surface area (TPSA) is 51.5 Å². The van der Waals surface area contributed by atoms with Crippen molar-refractivity contribution in [2.75, 3.05) is 14.2 Å². The molecule has 25 heavy (non-hydrogen) atoms. The van der Waals surface area contributed by atoms with Gasteiger partial charge in [-0.2, -0.15) is 5.26 Å². The van der Waals surface area contributed by atoms with E-state index in [1.165, 1.54) is 0 Å². The summed E-state index contributed by atoms with van der Waals surface area (Å²) in [5, 5.41) is 9.52. The van der Waals surface area contributed by atoms with Crippen molar-refractivity contribution in [2.45, 2.75) is 20.0 Å². The zero-order chi connectivity index (χ0) is 18.4. The molecule has 0 fully saturated rings. The monoisotopic (exact) mass is 401 g/mol. The normalized spacial score (nSPS) is 11.2. The van der Waals surface area contributed by atoms with Gasteiger partial charge in [-0.25, -0.2) is 0 Å². The number of benzene rings is 2. The van der Waals surface area contributed by atoms with E-state index in [0.717, 1.165) is 21.3 Å².